The summed E-state index contributed by atoms with van der Waals surface area (Å²) in [5.74, 6) is 0.444. The maximum absolute atomic E-state index is 11.4. The standard InChI is InChI=1S/C16H34N2O2S/c1-13(11-15(5,6)17-21(8,19)20)12-18(7)16(9-10-16)14(2,3)4/h13,17H,9-12H2,1-8H3. The Morgan fingerprint density at radius 1 is 1.19 bits per heavy atom. The fourth-order valence-electron chi connectivity index (χ4n) is 3.94. The summed E-state index contributed by atoms with van der Waals surface area (Å²) in [6.07, 6.45) is 4.60. The molecule has 126 valence electrons. The van der Waals surface area contributed by atoms with E-state index < -0.39 is 15.6 Å². The molecule has 0 radical (unpaired) electrons. The first kappa shape index (κ1) is 18.9. The predicted molar refractivity (Wildman–Crippen MR) is 89.9 cm³/mol. The summed E-state index contributed by atoms with van der Waals surface area (Å²) in [5, 5.41) is 0. The van der Waals surface area contributed by atoms with Gasteiger partial charge in [0.25, 0.3) is 0 Å². The number of hydrogen-bond acceptors (Lipinski definition) is 3. The maximum Gasteiger partial charge on any atom is 0.209 e. The van der Waals surface area contributed by atoms with E-state index in [0.717, 1.165) is 13.0 Å². The van der Waals surface area contributed by atoms with E-state index in [1.165, 1.54) is 19.1 Å². The molecule has 0 aliphatic heterocycles. The van der Waals surface area contributed by atoms with Crippen LogP contribution in [0.5, 0.6) is 0 Å². The van der Waals surface area contributed by atoms with Crippen molar-refractivity contribution in [1.29, 1.82) is 0 Å². The summed E-state index contributed by atoms with van der Waals surface area (Å²) >= 11 is 0. The van der Waals surface area contributed by atoms with Gasteiger partial charge in [0.05, 0.1) is 6.26 Å². The first-order valence-corrected chi connectivity index (χ1v) is 9.78. The monoisotopic (exact) mass is 318 g/mol. The van der Waals surface area contributed by atoms with E-state index in [1.54, 1.807) is 0 Å². The van der Waals surface area contributed by atoms with E-state index in [9.17, 15) is 8.42 Å². The summed E-state index contributed by atoms with van der Waals surface area (Å²) in [7, 11) is -0.945. The highest BCUT2D eigenvalue weighted by Gasteiger charge is 2.54. The van der Waals surface area contributed by atoms with Crippen molar-refractivity contribution < 1.29 is 8.42 Å². The van der Waals surface area contributed by atoms with Gasteiger partial charge in [-0.2, -0.15) is 0 Å². The Balaban J connectivity index is 2.60. The van der Waals surface area contributed by atoms with E-state index in [-0.39, 0.29) is 0 Å². The van der Waals surface area contributed by atoms with Gasteiger partial charge in [0.15, 0.2) is 0 Å². The zero-order chi connectivity index (χ0) is 16.7. The molecule has 5 heteroatoms. The van der Waals surface area contributed by atoms with E-state index in [0.29, 0.717) is 16.9 Å². The van der Waals surface area contributed by atoms with Crippen molar-refractivity contribution in [3.8, 4) is 0 Å². The highest BCUT2D eigenvalue weighted by Crippen LogP contribution is 2.53. The van der Waals surface area contributed by atoms with Gasteiger partial charge >= 0.3 is 0 Å². The highest BCUT2D eigenvalue weighted by atomic mass is 32.2. The van der Waals surface area contributed by atoms with Crippen LogP contribution >= 0.6 is 0 Å². The molecule has 21 heavy (non-hydrogen) atoms. The minimum absolute atomic E-state index is 0.294. The molecule has 0 aromatic rings. The molecular weight excluding hydrogens is 284 g/mol. The number of nitrogens with zero attached hydrogens (tertiary/aromatic N) is 1. The molecule has 4 nitrogen and oxygen atoms in total. The molecule has 1 saturated carbocycles. The second kappa shape index (κ2) is 5.82. The van der Waals surface area contributed by atoms with Gasteiger partial charge in [0.1, 0.15) is 0 Å². The second-order valence-corrected chi connectivity index (χ2v) is 10.5. The summed E-state index contributed by atoms with van der Waals surface area (Å²) in [5.41, 5.74) is 0.226. The van der Waals surface area contributed by atoms with Crippen LogP contribution in [0.15, 0.2) is 0 Å². The largest absolute Gasteiger partial charge is 0.300 e. The van der Waals surface area contributed by atoms with Crippen molar-refractivity contribution in [2.75, 3.05) is 19.8 Å². The van der Waals surface area contributed by atoms with Gasteiger partial charge in [-0.3, -0.25) is 4.90 Å². The number of hydrogen-bond donors (Lipinski definition) is 1. The lowest BCUT2D eigenvalue weighted by molar-refractivity contribution is 0.0844. The fourth-order valence-corrected chi connectivity index (χ4v) is 5.03. The Bertz CT molecular complexity index is 459. The molecular formula is C16H34N2O2S. The molecule has 1 aliphatic rings. The number of nitrogens with one attached hydrogen (secondary N) is 1. The third-order valence-corrected chi connectivity index (χ3v) is 5.68. The Labute approximate surface area is 131 Å². The van der Waals surface area contributed by atoms with Crippen LogP contribution in [-0.4, -0.2) is 44.2 Å². The molecule has 1 rings (SSSR count). The van der Waals surface area contributed by atoms with Crippen LogP contribution < -0.4 is 4.72 Å². The Kier molecular flexibility index (Phi) is 5.24. The van der Waals surface area contributed by atoms with Crippen LogP contribution in [0.2, 0.25) is 0 Å². The topological polar surface area (TPSA) is 49.4 Å². The van der Waals surface area contributed by atoms with Gasteiger partial charge < -0.3 is 0 Å². The second-order valence-electron chi connectivity index (χ2n) is 8.73. The zero-order valence-corrected chi connectivity index (χ0v) is 15.9. The molecule has 0 bridgehead atoms. The fraction of sp³-hybridized carbons (Fsp3) is 1.00. The van der Waals surface area contributed by atoms with E-state index in [4.69, 9.17) is 0 Å². The lowest BCUT2D eigenvalue weighted by Crippen LogP contribution is -2.48. The Morgan fingerprint density at radius 3 is 2.00 bits per heavy atom. The van der Waals surface area contributed by atoms with E-state index in [2.05, 4.69) is 44.4 Å². The van der Waals surface area contributed by atoms with E-state index in [1.807, 2.05) is 13.8 Å². The molecule has 0 aromatic carbocycles. The van der Waals surface area contributed by atoms with Gasteiger partial charge in [-0.1, -0.05) is 27.7 Å². The third kappa shape index (κ3) is 5.22. The Hall–Kier alpha value is -0.130. The minimum Gasteiger partial charge on any atom is -0.300 e. The lowest BCUT2D eigenvalue weighted by atomic mass is 9.82. The highest BCUT2D eigenvalue weighted by molar-refractivity contribution is 7.88. The first-order chi connectivity index (χ1) is 9.19. The van der Waals surface area contributed by atoms with Gasteiger partial charge in [-0.15, -0.1) is 0 Å². The van der Waals surface area contributed by atoms with Gasteiger partial charge in [-0.05, 0) is 51.5 Å². The summed E-state index contributed by atoms with van der Waals surface area (Å²) in [6, 6.07) is 0. The third-order valence-electron chi connectivity index (χ3n) is 4.76. The number of rotatable bonds is 7. The molecule has 1 atom stereocenters. The SMILES string of the molecule is CC(CN(C)C1(C(C)(C)C)CC1)CC(C)(C)NS(C)(=O)=O. The zero-order valence-electron chi connectivity index (χ0n) is 15.1. The number of sulfonamides is 1. The normalized spacial score (nSPS) is 20.6. The van der Waals surface area contributed by atoms with Crippen molar-refractivity contribution in [2.45, 2.75) is 71.9 Å². The average molecular weight is 319 g/mol. The van der Waals surface area contributed by atoms with Crippen LogP contribution in [0.3, 0.4) is 0 Å². The molecule has 1 N–H and O–H groups in total. The predicted octanol–water partition coefficient (Wildman–Crippen LogP) is 2.85. The van der Waals surface area contributed by atoms with Crippen molar-refractivity contribution >= 4 is 10.0 Å². The molecule has 0 amide bonds. The van der Waals surface area contributed by atoms with Gasteiger partial charge in [-0.25, -0.2) is 13.1 Å². The van der Waals surface area contributed by atoms with Crippen LogP contribution in [-0.2, 0) is 10.0 Å². The van der Waals surface area contributed by atoms with Crippen molar-refractivity contribution in [3.05, 3.63) is 0 Å². The van der Waals surface area contributed by atoms with Crippen LogP contribution in [0.1, 0.15) is 60.8 Å². The van der Waals surface area contributed by atoms with Crippen molar-refractivity contribution in [2.24, 2.45) is 11.3 Å². The lowest BCUT2D eigenvalue weighted by Gasteiger charge is -2.41. The van der Waals surface area contributed by atoms with Gasteiger partial charge in [0, 0.05) is 17.6 Å². The van der Waals surface area contributed by atoms with Crippen LogP contribution in [0.25, 0.3) is 0 Å². The molecule has 0 saturated heterocycles. The van der Waals surface area contributed by atoms with Crippen LogP contribution in [0, 0.1) is 11.3 Å². The van der Waals surface area contributed by atoms with Crippen molar-refractivity contribution in [1.82, 2.24) is 9.62 Å². The molecule has 0 spiro atoms. The minimum atomic E-state index is -3.16. The van der Waals surface area contributed by atoms with Gasteiger partial charge in [0.2, 0.25) is 10.0 Å². The quantitative estimate of drug-likeness (QED) is 0.785. The molecule has 0 aromatic heterocycles. The summed E-state index contributed by atoms with van der Waals surface area (Å²) in [4.78, 5) is 2.49. The summed E-state index contributed by atoms with van der Waals surface area (Å²) < 4.78 is 25.6. The first-order valence-electron chi connectivity index (χ1n) is 7.89. The van der Waals surface area contributed by atoms with Crippen molar-refractivity contribution in [3.63, 3.8) is 0 Å². The molecule has 1 fully saturated rings. The Morgan fingerprint density at radius 2 is 1.67 bits per heavy atom. The molecule has 0 heterocycles. The smallest absolute Gasteiger partial charge is 0.209 e. The average Bonchev–Trinajstić information content (AvgIpc) is 2.88. The van der Waals surface area contributed by atoms with E-state index >= 15 is 0 Å². The maximum atomic E-state index is 11.4. The molecule has 1 aliphatic carbocycles. The molecule has 1 unspecified atom stereocenters. The van der Waals surface area contributed by atoms with Crippen LogP contribution in [0.4, 0.5) is 0 Å². The summed E-state index contributed by atoms with van der Waals surface area (Å²) in [6.45, 7) is 14.1.